The van der Waals surface area contributed by atoms with E-state index in [-0.39, 0.29) is 0 Å². The number of aryl methyl sites for hydroxylation is 1. The van der Waals surface area contributed by atoms with Crippen molar-refractivity contribution in [1.82, 2.24) is 24.5 Å². The van der Waals surface area contributed by atoms with Crippen LogP contribution in [0.25, 0.3) is 17.2 Å². The minimum Gasteiger partial charge on any atom is -0.276 e. The summed E-state index contributed by atoms with van der Waals surface area (Å²) in [6.45, 7) is 2.93. The molecule has 0 amide bonds. The number of benzene rings is 1. The quantitative estimate of drug-likeness (QED) is 0.725. The van der Waals surface area contributed by atoms with Gasteiger partial charge >= 0.3 is 0 Å². The van der Waals surface area contributed by atoms with E-state index in [2.05, 4.69) is 45.0 Å². The highest BCUT2D eigenvalue weighted by molar-refractivity contribution is 7.98. The molecule has 5 nitrogen and oxygen atoms in total. The SMILES string of the molecule is CCn1ccc(-c2nnc3n2-c2ccccc2SC3)n1. The summed E-state index contributed by atoms with van der Waals surface area (Å²) in [4.78, 5) is 1.26. The first-order valence-corrected chi connectivity index (χ1v) is 7.55. The second-order valence-corrected chi connectivity index (χ2v) is 5.61. The van der Waals surface area contributed by atoms with Gasteiger partial charge in [-0.1, -0.05) is 12.1 Å². The molecule has 0 atom stereocenters. The lowest BCUT2D eigenvalue weighted by molar-refractivity contribution is 0.660. The molecular formula is C14H13N5S. The van der Waals surface area contributed by atoms with E-state index in [9.17, 15) is 0 Å². The molecule has 0 saturated heterocycles. The van der Waals surface area contributed by atoms with Gasteiger partial charge in [0, 0.05) is 17.6 Å². The van der Waals surface area contributed by atoms with E-state index in [0.717, 1.165) is 35.3 Å². The Morgan fingerprint density at radius 2 is 2.10 bits per heavy atom. The third-order valence-corrected chi connectivity index (χ3v) is 4.45. The highest BCUT2D eigenvalue weighted by atomic mass is 32.2. The monoisotopic (exact) mass is 283 g/mol. The van der Waals surface area contributed by atoms with Crippen molar-refractivity contribution < 1.29 is 0 Å². The Morgan fingerprint density at radius 3 is 2.95 bits per heavy atom. The van der Waals surface area contributed by atoms with Crippen LogP contribution in [0.5, 0.6) is 0 Å². The lowest BCUT2D eigenvalue weighted by atomic mass is 10.3. The van der Waals surface area contributed by atoms with Crippen molar-refractivity contribution in [2.45, 2.75) is 24.1 Å². The Hall–Kier alpha value is -2.08. The van der Waals surface area contributed by atoms with Crippen molar-refractivity contribution in [3.63, 3.8) is 0 Å². The van der Waals surface area contributed by atoms with Crippen molar-refractivity contribution in [2.75, 3.05) is 0 Å². The molecule has 100 valence electrons. The van der Waals surface area contributed by atoms with Crippen molar-refractivity contribution in [3.05, 3.63) is 42.4 Å². The lowest BCUT2D eigenvalue weighted by Gasteiger charge is -2.18. The van der Waals surface area contributed by atoms with E-state index >= 15 is 0 Å². The largest absolute Gasteiger partial charge is 0.276 e. The summed E-state index contributed by atoms with van der Waals surface area (Å²) in [5, 5.41) is 13.2. The van der Waals surface area contributed by atoms with Crippen molar-refractivity contribution >= 4 is 11.8 Å². The number of hydrogen-bond donors (Lipinski definition) is 0. The summed E-state index contributed by atoms with van der Waals surface area (Å²) in [7, 11) is 0. The molecule has 1 aliphatic heterocycles. The standard InChI is InChI=1S/C14H13N5S/c1-2-18-8-7-10(17-18)14-16-15-13-9-20-12-6-4-3-5-11(12)19(13)14/h3-8H,2,9H2,1H3. The predicted octanol–water partition coefficient (Wildman–Crippen LogP) is 2.76. The maximum absolute atomic E-state index is 4.54. The van der Waals surface area contributed by atoms with Gasteiger partial charge in [0.2, 0.25) is 0 Å². The highest BCUT2D eigenvalue weighted by Gasteiger charge is 2.23. The molecule has 6 heteroatoms. The third kappa shape index (κ3) is 1.68. The minimum atomic E-state index is 0.819. The third-order valence-electron chi connectivity index (χ3n) is 3.39. The van der Waals surface area contributed by atoms with Crippen LogP contribution < -0.4 is 0 Å². The molecule has 3 aromatic rings. The topological polar surface area (TPSA) is 48.5 Å². The Bertz CT molecular complexity index is 773. The van der Waals surface area contributed by atoms with E-state index < -0.39 is 0 Å². The summed E-state index contributed by atoms with van der Waals surface area (Å²) in [5.41, 5.74) is 2.01. The molecule has 0 radical (unpaired) electrons. The maximum Gasteiger partial charge on any atom is 0.189 e. The van der Waals surface area contributed by atoms with E-state index in [1.54, 1.807) is 11.8 Å². The molecule has 3 heterocycles. The normalized spacial score (nSPS) is 13.1. The molecule has 2 aromatic heterocycles. The average molecular weight is 283 g/mol. The Morgan fingerprint density at radius 1 is 1.20 bits per heavy atom. The number of rotatable bonds is 2. The van der Waals surface area contributed by atoms with Crippen LogP contribution in [0, 0.1) is 0 Å². The van der Waals surface area contributed by atoms with Crippen LogP contribution in [0.15, 0.2) is 41.4 Å². The smallest absolute Gasteiger partial charge is 0.189 e. The Labute approximate surface area is 120 Å². The second-order valence-electron chi connectivity index (χ2n) is 4.59. The molecule has 1 aromatic carbocycles. The summed E-state index contributed by atoms with van der Waals surface area (Å²) >= 11 is 1.80. The second kappa shape index (κ2) is 4.49. The molecular weight excluding hydrogens is 270 g/mol. The van der Waals surface area contributed by atoms with Gasteiger partial charge in [-0.2, -0.15) is 5.10 Å². The van der Waals surface area contributed by atoms with E-state index in [1.165, 1.54) is 4.90 Å². The first-order valence-electron chi connectivity index (χ1n) is 6.57. The molecule has 0 bridgehead atoms. The molecule has 1 aliphatic rings. The molecule has 20 heavy (non-hydrogen) atoms. The van der Waals surface area contributed by atoms with Crippen LogP contribution in [-0.4, -0.2) is 24.5 Å². The van der Waals surface area contributed by atoms with Crippen LogP contribution >= 0.6 is 11.8 Å². The van der Waals surface area contributed by atoms with Crippen LogP contribution in [0.3, 0.4) is 0 Å². The van der Waals surface area contributed by atoms with Gasteiger partial charge < -0.3 is 0 Å². The van der Waals surface area contributed by atoms with E-state index in [1.807, 2.05) is 23.0 Å². The number of aromatic nitrogens is 5. The van der Waals surface area contributed by atoms with Gasteiger partial charge in [-0.15, -0.1) is 22.0 Å². The van der Waals surface area contributed by atoms with Gasteiger partial charge in [-0.05, 0) is 25.1 Å². The fourth-order valence-electron chi connectivity index (χ4n) is 2.39. The van der Waals surface area contributed by atoms with Crippen molar-refractivity contribution in [3.8, 4) is 17.2 Å². The highest BCUT2D eigenvalue weighted by Crippen LogP contribution is 2.36. The zero-order valence-electron chi connectivity index (χ0n) is 11.0. The molecule has 0 fully saturated rings. The molecule has 0 aliphatic carbocycles. The number of nitrogens with zero attached hydrogens (tertiary/aromatic N) is 5. The molecule has 4 rings (SSSR count). The summed E-state index contributed by atoms with van der Waals surface area (Å²) < 4.78 is 4.02. The first-order chi connectivity index (χ1) is 9.86. The van der Waals surface area contributed by atoms with Gasteiger partial charge in [-0.25, -0.2) is 0 Å². The van der Waals surface area contributed by atoms with Crippen LogP contribution in [0.2, 0.25) is 0 Å². The van der Waals surface area contributed by atoms with Crippen molar-refractivity contribution in [1.29, 1.82) is 0 Å². The van der Waals surface area contributed by atoms with E-state index in [0.29, 0.717) is 0 Å². The molecule has 0 spiro atoms. The Balaban J connectivity index is 1.91. The molecule has 0 saturated carbocycles. The van der Waals surface area contributed by atoms with Gasteiger partial charge in [0.1, 0.15) is 11.5 Å². The minimum absolute atomic E-state index is 0.819. The first kappa shape index (κ1) is 11.7. The van der Waals surface area contributed by atoms with Gasteiger partial charge in [-0.3, -0.25) is 9.25 Å². The Kier molecular flexibility index (Phi) is 2.63. The summed E-state index contributed by atoms with van der Waals surface area (Å²) in [6.07, 6.45) is 1.97. The number of fused-ring (bicyclic) bond motifs is 3. The van der Waals surface area contributed by atoms with Gasteiger partial charge in [0.15, 0.2) is 5.82 Å². The van der Waals surface area contributed by atoms with Crippen LogP contribution in [0.1, 0.15) is 12.7 Å². The zero-order chi connectivity index (χ0) is 13.5. The van der Waals surface area contributed by atoms with Gasteiger partial charge in [0.25, 0.3) is 0 Å². The van der Waals surface area contributed by atoms with Crippen LogP contribution in [0.4, 0.5) is 0 Å². The predicted molar refractivity (Wildman–Crippen MR) is 77.8 cm³/mol. The molecule has 0 unspecified atom stereocenters. The average Bonchev–Trinajstić information content (AvgIpc) is 3.13. The van der Waals surface area contributed by atoms with Crippen LogP contribution in [-0.2, 0) is 12.3 Å². The fraction of sp³-hybridized carbons (Fsp3) is 0.214. The van der Waals surface area contributed by atoms with Gasteiger partial charge in [0.05, 0.1) is 11.4 Å². The fourth-order valence-corrected chi connectivity index (χ4v) is 3.35. The number of thioether (sulfide) groups is 1. The van der Waals surface area contributed by atoms with Crippen molar-refractivity contribution in [2.24, 2.45) is 0 Å². The van der Waals surface area contributed by atoms with E-state index in [4.69, 9.17) is 0 Å². The molecule has 0 N–H and O–H groups in total. The summed E-state index contributed by atoms with van der Waals surface area (Å²) in [5.74, 6) is 2.65. The summed E-state index contributed by atoms with van der Waals surface area (Å²) in [6, 6.07) is 10.3. The zero-order valence-corrected chi connectivity index (χ0v) is 11.8. The number of para-hydroxylation sites is 1. The lowest BCUT2D eigenvalue weighted by Crippen LogP contribution is -2.08. The maximum atomic E-state index is 4.54. The number of hydrogen-bond acceptors (Lipinski definition) is 4.